The second-order valence-electron chi connectivity index (χ2n) is 5.11. The third kappa shape index (κ3) is 3.25. The number of aromatic hydroxyl groups is 1. The Balaban J connectivity index is 2.00. The molecule has 0 radical (unpaired) electrons. The van der Waals surface area contributed by atoms with E-state index in [1.807, 2.05) is 0 Å². The van der Waals surface area contributed by atoms with Crippen molar-refractivity contribution in [2.24, 2.45) is 5.92 Å². The molecule has 1 amide bonds. The quantitative estimate of drug-likeness (QED) is 0.878. The molecule has 0 aromatic heterocycles. The van der Waals surface area contributed by atoms with Gasteiger partial charge in [-0.05, 0) is 52.9 Å². The van der Waals surface area contributed by atoms with E-state index < -0.39 is 0 Å². The fourth-order valence-electron chi connectivity index (χ4n) is 2.49. The summed E-state index contributed by atoms with van der Waals surface area (Å²) in [7, 11) is 0. The van der Waals surface area contributed by atoms with Gasteiger partial charge in [-0.2, -0.15) is 0 Å². The van der Waals surface area contributed by atoms with Gasteiger partial charge in [0.1, 0.15) is 5.75 Å². The summed E-state index contributed by atoms with van der Waals surface area (Å²) in [4.78, 5) is 12.0. The van der Waals surface area contributed by atoms with Gasteiger partial charge in [0.05, 0.1) is 4.47 Å². The third-order valence-electron chi connectivity index (χ3n) is 3.48. The highest BCUT2D eigenvalue weighted by molar-refractivity contribution is 9.10. The van der Waals surface area contributed by atoms with Crippen molar-refractivity contribution in [1.29, 1.82) is 0 Å². The maximum Gasteiger partial charge on any atom is 0.251 e. The minimum absolute atomic E-state index is 0.0969. The van der Waals surface area contributed by atoms with Gasteiger partial charge in [-0.3, -0.25) is 4.79 Å². The number of hydrogen-bond donors (Lipinski definition) is 2. The van der Waals surface area contributed by atoms with Crippen LogP contribution >= 0.6 is 15.9 Å². The van der Waals surface area contributed by atoms with E-state index in [0.717, 1.165) is 12.8 Å². The van der Waals surface area contributed by atoms with Gasteiger partial charge in [0.25, 0.3) is 5.91 Å². The predicted octanol–water partition coefficient (Wildman–Crippen LogP) is 3.46. The van der Waals surface area contributed by atoms with Crippen LogP contribution in [-0.2, 0) is 0 Å². The largest absolute Gasteiger partial charge is 0.507 e. The topological polar surface area (TPSA) is 49.3 Å². The molecular formula is C14H18BrNO2. The van der Waals surface area contributed by atoms with Crippen LogP contribution in [0.4, 0.5) is 0 Å². The van der Waals surface area contributed by atoms with Gasteiger partial charge in [0, 0.05) is 11.6 Å². The lowest BCUT2D eigenvalue weighted by molar-refractivity contribution is 0.0921. The molecule has 2 N–H and O–H groups in total. The summed E-state index contributed by atoms with van der Waals surface area (Å²) in [5.41, 5.74) is 0.508. The first kappa shape index (κ1) is 13.4. The van der Waals surface area contributed by atoms with E-state index in [1.54, 1.807) is 12.1 Å². The second-order valence-corrected chi connectivity index (χ2v) is 5.96. The summed E-state index contributed by atoms with van der Waals surface area (Å²) in [6, 6.07) is 5.16. The number of carbonyl (C=O) groups excluding carboxylic acids is 1. The SMILES string of the molecule is CC1CCCC(NC(=O)c2ccc(Br)c(O)c2)C1. The van der Waals surface area contributed by atoms with Crippen LogP contribution in [0.5, 0.6) is 5.75 Å². The molecule has 2 unspecified atom stereocenters. The van der Waals surface area contributed by atoms with Crippen LogP contribution in [0.3, 0.4) is 0 Å². The molecule has 0 heterocycles. The van der Waals surface area contributed by atoms with Crippen molar-refractivity contribution in [3.8, 4) is 5.75 Å². The van der Waals surface area contributed by atoms with E-state index >= 15 is 0 Å². The molecule has 4 heteroatoms. The molecule has 1 aromatic rings. The van der Waals surface area contributed by atoms with Crippen molar-refractivity contribution in [3.05, 3.63) is 28.2 Å². The molecule has 2 atom stereocenters. The average molecular weight is 312 g/mol. The first-order chi connectivity index (χ1) is 8.56. The zero-order valence-electron chi connectivity index (χ0n) is 10.4. The van der Waals surface area contributed by atoms with Crippen molar-refractivity contribution in [2.45, 2.75) is 38.6 Å². The number of hydrogen-bond acceptors (Lipinski definition) is 2. The fraction of sp³-hybridized carbons (Fsp3) is 0.500. The van der Waals surface area contributed by atoms with Gasteiger partial charge in [0.15, 0.2) is 0 Å². The standard InChI is InChI=1S/C14H18BrNO2/c1-9-3-2-4-11(7-9)16-14(18)10-5-6-12(15)13(17)8-10/h5-6,8-9,11,17H,2-4,7H2,1H3,(H,16,18). The normalized spacial score (nSPS) is 23.7. The number of carbonyl (C=O) groups is 1. The highest BCUT2D eigenvalue weighted by Crippen LogP contribution is 2.26. The van der Waals surface area contributed by atoms with E-state index in [9.17, 15) is 9.90 Å². The van der Waals surface area contributed by atoms with Crippen molar-refractivity contribution < 1.29 is 9.90 Å². The molecule has 0 saturated heterocycles. The van der Waals surface area contributed by atoms with E-state index in [-0.39, 0.29) is 17.7 Å². The number of benzene rings is 1. The number of amides is 1. The Bertz CT molecular complexity index is 447. The maximum absolute atomic E-state index is 12.0. The van der Waals surface area contributed by atoms with E-state index in [2.05, 4.69) is 28.2 Å². The molecule has 0 aliphatic heterocycles. The maximum atomic E-state index is 12.0. The van der Waals surface area contributed by atoms with E-state index in [0.29, 0.717) is 16.0 Å². The first-order valence-corrected chi connectivity index (χ1v) is 7.15. The first-order valence-electron chi connectivity index (χ1n) is 6.35. The van der Waals surface area contributed by atoms with Crippen molar-refractivity contribution >= 4 is 21.8 Å². The highest BCUT2D eigenvalue weighted by atomic mass is 79.9. The average Bonchev–Trinajstić information content (AvgIpc) is 2.32. The van der Waals surface area contributed by atoms with E-state index in [4.69, 9.17) is 0 Å². The Labute approximate surface area is 116 Å². The fourth-order valence-corrected chi connectivity index (χ4v) is 2.73. The second kappa shape index (κ2) is 5.74. The van der Waals surface area contributed by atoms with Crippen LogP contribution in [0, 0.1) is 5.92 Å². The summed E-state index contributed by atoms with van der Waals surface area (Å²) in [6.07, 6.45) is 4.54. The molecule has 1 aliphatic carbocycles. The molecule has 0 spiro atoms. The molecular weight excluding hydrogens is 294 g/mol. The highest BCUT2D eigenvalue weighted by Gasteiger charge is 2.21. The van der Waals surface area contributed by atoms with Crippen LogP contribution in [0.15, 0.2) is 22.7 Å². The Hall–Kier alpha value is -1.03. The molecule has 1 saturated carbocycles. The van der Waals surface area contributed by atoms with Crippen molar-refractivity contribution in [2.75, 3.05) is 0 Å². The lowest BCUT2D eigenvalue weighted by Crippen LogP contribution is -2.37. The summed E-state index contributed by atoms with van der Waals surface area (Å²) in [5.74, 6) is 0.680. The molecule has 2 rings (SSSR count). The van der Waals surface area contributed by atoms with Gasteiger partial charge in [-0.1, -0.05) is 19.8 Å². The number of phenols is 1. The van der Waals surface area contributed by atoms with Crippen LogP contribution in [0.25, 0.3) is 0 Å². The minimum atomic E-state index is -0.100. The van der Waals surface area contributed by atoms with Gasteiger partial charge in [-0.15, -0.1) is 0 Å². The van der Waals surface area contributed by atoms with Crippen molar-refractivity contribution in [1.82, 2.24) is 5.32 Å². The van der Waals surface area contributed by atoms with Crippen LogP contribution in [0.1, 0.15) is 43.0 Å². The molecule has 1 fully saturated rings. The van der Waals surface area contributed by atoms with Gasteiger partial charge in [-0.25, -0.2) is 0 Å². The Morgan fingerprint density at radius 3 is 2.89 bits per heavy atom. The van der Waals surface area contributed by atoms with Gasteiger partial charge >= 0.3 is 0 Å². The third-order valence-corrected chi connectivity index (χ3v) is 4.15. The van der Waals surface area contributed by atoms with Crippen LogP contribution in [0.2, 0.25) is 0 Å². The van der Waals surface area contributed by atoms with Crippen LogP contribution < -0.4 is 5.32 Å². The lowest BCUT2D eigenvalue weighted by Gasteiger charge is -2.27. The number of halogens is 1. The molecule has 0 bridgehead atoms. The van der Waals surface area contributed by atoms with Gasteiger partial charge < -0.3 is 10.4 Å². The molecule has 3 nitrogen and oxygen atoms in total. The predicted molar refractivity (Wildman–Crippen MR) is 74.7 cm³/mol. The number of nitrogens with one attached hydrogen (secondary N) is 1. The van der Waals surface area contributed by atoms with Crippen LogP contribution in [-0.4, -0.2) is 17.1 Å². The monoisotopic (exact) mass is 311 g/mol. The number of rotatable bonds is 2. The van der Waals surface area contributed by atoms with Crippen molar-refractivity contribution in [3.63, 3.8) is 0 Å². The Morgan fingerprint density at radius 1 is 1.44 bits per heavy atom. The molecule has 98 valence electrons. The minimum Gasteiger partial charge on any atom is -0.507 e. The molecule has 18 heavy (non-hydrogen) atoms. The molecule has 1 aliphatic rings. The molecule has 1 aromatic carbocycles. The zero-order chi connectivity index (χ0) is 13.1. The Morgan fingerprint density at radius 2 is 2.22 bits per heavy atom. The zero-order valence-corrected chi connectivity index (χ0v) is 12.0. The Kier molecular flexibility index (Phi) is 4.27. The van der Waals surface area contributed by atoms with Gasteiger partial charge in [0.2, 0.25) is 0 Å². The van der Waals surface area contributed by atoms with E-state index in [1.165, 1.54) is 18.9 Å². The summed E-state index contributed by atoms with van der Waals surface area (Å²) >= 11 is 3.20. The summed E-state index contributed by atoms with van der Waals surface area (Å²) < 4.78 is 0.602. The smallest absolute Gasteiger partial charge is 0.251 e. The summed E-state index contributed by atoms with van der Waals surface area (Å²) in [5, 5.41) is 12.6. The lowest BCUT2D eigenvalue weighted by atomic mass is 9.87. The summed E-state index contributed by atoms with van der Waals surface area (Å²) in [6.45, 7) is 2.23. The number of phenolic OH excluding ortho intramolecular Hbond substituents is 1.